The van der Waals surface area contributed by atoms with Crippen LogP contribution in [0.5, 0.6) is 0 Å². The molecule has 258 valence electrons. The van der Waals surface area contributed by atoms with Crippen molar-refractivity contribution in [2.45, 2.75) is 0 Å². The number of furan rings is 1. The number of hydrogen-bond acceptors (Lipinski definition) is 3. The average Bonchev–Trinajstić information content (AvgIpc) is 3.66. The highest BCUT2D eigenvalue weighted by Gasteiger charge is 2.19. The Labute approximate surface area is 319 Å². The van der Waals surface area contributed by atoms with E-state index < -0.39 is 0 Å². The largest absolute Gasteiger partial charge is 0.452 e. The molecule has 0 radical (unpaired) electrons. The Balaban J connectivity index is 1.03. The van der Waals surface area contributed by atoms with Gasteiger partial charge in [-0.3, -0.25) is 0 Å². The van der Waals surface area contributed by atoms with Crippen molar-refractivity contribution < 1.29 is 4.42 Å². The molecule has 0 unspecified atom stereocenters. The molecule has 0 saturated carbocycles. The summed E-state index contributed by atoms with van der Waals surface area (Å²) in [4.78, 5) is 10.4. The molecule has 0 fully saturated rings. The van der Waals surface area contributed by atoms with Gasteiger partial charge in [0.1, 0.15) is 16.8 Å². The Morgan fingerprint density at radius 2 is 0.673 bits per heavy atom. The summed E-state index contributed by atoms with van der Waals surface area (Å²) in [6, 6.07) is 72.4. The van der Waals surface area contributed by atoms with Crippen molar-refractivity contribution in [3.63, 3.8) is 0 Å². The lowest BCUT2D eigenvalue weighted by atomic mass is 9.95. The number of rotatable bonds is 7. The minimum absolute atomic E-state index is 0.655. The summed E-state index contributed by atoms with van der Waals surface area (Å²) in [5, 5.41) is 0.971. The van der Waals surface area contributed by atoms with Crippen LogP contribution < -0.4 is 0 Å². The van der Waals surface area contributed by atoms with Crippen LogP contribution >= 0.6 is 0 Å². The van der Waals surface area contributed by atoms with Gasteiger partial charge in [0.15, 0.2) is 11.4 Å². The van der Waals surface area contributed by atoms with Gasteiger partial charge in [0.05, 0.1) is 0 Å². The predicted octanol–water partition coefficient (Wildman–Crippen LogP) is 14.0. The van der Waals surface area contributed by atoms with Gasteiger partial charge in [0.2, 0.25) is 0 Å². The maximum atomic E-state index is 6.47. The Bertz CT molecular complexity index is 2960. The van der Waals surface area contributed by atoms with E-state index in [0.29, 0.717) is 11.4 Å². The van der Waals surface area contributed by atoms with Gasteiger partial charge in [-0.2, -0.15) is 0 Å². The highest BCUT2D eigenvalue weighted by Crippen LogP contribution is 2.38. The molecule has 2 aromatic heterocycles. The molecule has 0 amide bonds. The van der Waals surface area contributed by atoms with Crippen LogP contribution in [0.2, 0.25) is 0 Å². The zero-order chi connectivity index (χ0) is 36.6. The molecule has 2 heterocycles. The standard InChI is InChI=1S/C52H34N2O/c1-3-13-35(14-4-1)39-17-9-19-41(31-39)37-27-29-38(30-28-37)49-51-50(47-25-7-8-26-48(47)55-51)54-52(53-49)46-24-12-23-45(34-46)44-22-11-21-43(33-44)42-20-10-18-40(32-42)36-15-5-2-6-16-36/h1-34H. The van der Waals surface area contributed by atoms with E-state index in [-0.39, 0.29) is 0 Å². The van der Waals surface area contributed by atoms with E-state index in [1.165, 1.54) is 33.4 Å². The molecular formula is C52H34N2O. The van der Waals surface area contributed by atoms with E-state index in [9.17, 15) is 0 Å². The molecule has 0 aliphatic carbocycles. The van der Waals surface area contributed by atoms with Crippen LogP contribution in [0.3, 0.4) is 0 Å². The number of fused-ring (bicyclic) bond motifs is 3. The van der Waals surface area contributed by atoms with Crippen molar-refractivity contribution in [3.05, 3.63) is 206 Å². The topological polar surface area (TPSA) is 38.9 Å². The summed E-state index contributed by atoms with van der Waals surface area (Å²) in [7, 11) is 0. The van der Waals surface area contributed by atoms with E-state index >= 15 is 0 Å². The van der Waals surface area contributed by atoms with Crippen LogP contribution in [-0.4, -0.2) is 9.97 Å². The van der Waals surface area contributed by atoms with Crippen molar-refractivity contribution in [3.8, 4) is 78.3 Å². The first kappa shape index (κ1) is 32.3. The lowest BCUT2D eigenvalue weighted by Crippen LogP contribution is -1.94. The summed E-state index contributed by atoms with van der Waals surface area (Å²) < 4.78 is 6.47. The van der Waals surface area contributed by atoms with Gasteiger partial charge in [0, 0.05) is 16.5 Å². The number of benzene rings is 8. The van der Waals surface area contributed by atoms with E-state index in [2.05, 4.69) is 182 Å². The second-order valence-corrected chi connectivity index (χ2v) is 13.8. The highest BCUT2D eigenvalue weighted by atomic mass is 16.3. The van der Waals surface area contributed by atoms with Crippen molar-refractivity contribution in [1.82, 2.24) is 9.97 Å². The zero-order valence-electron chi connectivity index (χ0n) is 29.9. The minimum Gasteiger partial charge on any atom is -0.452 e. The molecular weight excluding hydrogens is 669 g/mol. The van der Waals surface area contributed by atoms with E-state index in [1.54, 1.807) is 0 Å². The van der Waals surface area contributed by atoms with Crippen molar-refractivity contribution >= 4 is 22.1 Å². The van der Waals surface area contributed by atoms with E-state index in [4.69, 9.17) is 14.4 Å². The third-order valence-corrected chi connectivity index (χ3v) is 10.3. The lowest BCUT2D eigenvalue weighted by Gasteiger charge is -2.11. The fourth-order valence-corrected chi connectivity index (χ4v) is 7.47. The third kappa shape index (κ3) is 6.28. The second kappa shape index (κ2) is 13.9. The summed E-state index contributed by atoms with van der Waals surface area (Å²) in [6.45, 7) is 0. The molecule has 0 aliphatic heterocycles. The quantitative estimate of drug-likeness (QED) is 0.166. The fourth-order valence-electron chi connectivity index (χ4n) is 7.47. The first-order chi connectivity index (χ1) is 27.2. The molecule has 0 spiro atoms. The van der Waals surface area contributed by atoms with Gasteiger partial charge in [-0.15, -0.1) is 0 Å². The van der Waals surface area contributed by atoms with Gasteiger partial charge in [-0.25, -0.2) is 9.97 Å². The molecule has 0 aliphatic rings. The molecule has 55 heavy (non-hydrogen) atoms. The SMILES string of the molecule is c1ccc(-c2cccc(-c3ccc(-c4nc(-c5cccc(-c6cccc(-c7cccc(-c8ccccc8)c7)c6)c5)nc5c4oc4ccccc45)cc3)c2)cc1. The molecule has 0 atom stereocenters. The Hall–Kier alpha value is -7.36. The van der Waals surface area contributed by atoms with Crippen LogP contribution in [0.4, 0.5) is 0 Å². The normalized spacial score (nSPS) is 11.3. The van der Waals surface area contributed by atoms with Gasteiger partial charge in [0.25, 0.3) is 0 Å². The third-order valence-electron chi connectivity index (χ3n) is 10.3. The van der Waals surface area contributed by atoms with Crippen LogP contribution in [0, 0.1) is 0 Å². The van der Waals surface area contributed by atoms with Crippen LogP contribution in [0.15, 0.2) is 211 Å². The number of hydrogen-bond donors (Lipinski definition) is 0. The first-order valence-corrected chi connectivity index (χ1v) is 18.6. The van der Waals surface area contributed by atoms with Crippen molar-refractivity contribution in [1.29, 1.82) is 0 Å². The summed E-state index contributed by atoms with van der Waals surface area (Å²) in [5.74, 6) is 0.655. The Morgan fingerprint density at radius 3 is 1.20 bits per heavy atom. The number of aromatic nitrogens is 2. The maximum absolute atomic E-state index is 6.47. The highest BCUT2D eigenvalue weighted by molar-refractivity contribution is 6.07. The first-order valence-electron chi connectivity index (χ1n) is 18.6. The van der Waals surface area contributed by atoms with Crippen LogP contribution in [0.1, 0.15) is 0 Å². The minimum atomic E-state index is 0.655. The summed E-state index contributed by atoms with van der Waals surface area (Å²) >= 11 is 0. The fraction of sp³-hybridized carbons (Fsp3) is 0. The molecule has 0 bridgehead atoms. The van der Waals surface area contributed by atoms with Crippen molar-refractivity contribution in [2.24, 2.45) is 0 Å². The number of nitrogens with zero attached hydrogens (tertiary/aromatic N) is 2. The molecule has 10 aromatic rings. The van der Waals surface area contributed by atoms with Gasteiger partial charge in [-0.05, 0) is 92.0 Å². The van der Waals surface area contributed by atoms with E-state index in [0.717, 1.165) is 55.6 Å². The lowest BCUT2D eigenvalue weighted by molar-refractivity contribution is 0.667. The monoisotopic (exact) mass is 702 g/mol. The second-order valence-electron chi connectivity index (χ2n) is 13.8. The molecule has 10 rings (SSSR count). The summed E-state index contributed by atoms with van der Waals surface area (Å²) in [6.07, 6.45) is 0. The predicted molar refractivity (Wildman–Crippen MR) is 227 cm³/mol. The molecule has 0 N–H and O–H groups in total. The zero-order valence-corrected chi connectivity index (χ0v) is 29.9. The average molecular weight is 703 g/mol. The Morgan fingerprint density at radius 1 is 0.291 bits per heavy atom. The van der Waals surface area contributed by atoms with Gasteiger partial charge < -0.3 is 4.42 Å². The maximum Gasteiger partial charge on any atom is 0.180 e. The number of para-hydroxylation sites is 1. The van der Waals surface area contributed by atoms with Crippen LogP contribution in [0.25, 0.3) is 100 Å². The van der Waals surface area contributed by atoms with E-state index in [1.807, 2.05) is 24.3 Å². The van der Waals surface area contributed by atoms with Gasteiger partial charge >= 0.3 is 0 Å². The van der Waals surface area contributed by atoms with Gasteiger partial charge in [-0.1, -0.05) is 170 Å². The molecule has 3 nitrogen and oxygen atoms in total. The smallest absolute Gasteiger partial charge is 0.180 e. The van der Waals surface area contributed by atoms with Crippen LogP contribution in [-0.2, 0) is 0 Å². The summed E-state index contributed by atoms with van der Waals surface area (Å²) in [5.41, 5.74) is 16.6. The molecule has 0 saturated heterocycles. The molecule has 3 heteroatoms. The molecule has 8 aromatic carbocycles. The van der Waals surface area contributed by atoms with Crippen molar-refractivity contribution in [2.75, 3.05) is 0 Å². The Kier molecular flexibility index (Phi) is 8.16.